The monoisotopic (exact) mass is 363 g/mol. The second-order valence-corrected chi connectivity index (χ2v) is 6.65. The van der Waals surface area contributed by atoms with Crippen LogP contribution in [0.25, 0.3) is 0 Å². The molecule has 1 N–H and O–H groups in total. The molecule has 0 aromatic heterocycles. The molecule has 0 spiro atoms. The number of halogens is 1. The van der Waals surface area contributed by atoms with E-state index in [-0.39, 0.29) is 12.5 Å². The Bertz CT molecular complexity index is 704. The highest BCUT2D eigenvalue weighted by molar-refractivity contribution is 7.99. The summed E-state index contributed by atoms with van der Waals surface area (Å²) >= 11 is 7.37. The lowest BCUT2D eigenvalue weighted by molar-refractivity contribution is -0.124. The van der Waals surface area contributed by atoms with Gasteiger partial charge in [-0.3, -0.25) is 4.79 Å². The number of carbonyl (C=O) groups excluding carboxylic acids is 2. The van der Waals surface area contributed by atoms with Gasteiger partial charge in [0, 0.05) is 16.5 Å². The molecule has 2 aromatic carbocycles. The smallest absolute Gasteiger partial charge is 0.339 e. The molecule has 0 radical (unpaired) electrons. The maximum atomic E-state index is 12.1. The lowest BCUT2D eigenvalue weighted by atomic mass is 10.2. The van der Waals surface area contributed by atoms with Gasteiger partial charge in [0.25, 0.3) is 5.91 Å². The van der Waals surface area contributed by atoms with Crippen molar-refractivity contribution in [1.29, 1.82) is 0 Å². The average molecular weight is 364 g/mol. The van der Waals surface area contributed by atoms with Crippen LogP contribution >= 0.6 is 23.4 Å². The molecule has 4 nitrogen and oxygen atoms in total. The van der Waals surface area contributed by atoms with Crippen LogP contribution in [0.1, 0.15) is 22.8 Å². The molecule has 0 aliphatic carbocycles. The van der Waals surface area contributed by atoms with Crippen LogP contribution in [-0.4, -0.2) is 24.2 Å². The average Bonchev–Trinajstić information content (AvgIpc) is 2.60. The Kier molecular flexibility index (Phi) is 7.15. The van der Waals surface area contributed by atoms with E-state index in [2.05, 4.69) is 5.32 Å². The Balaban J connectivity index is 1.83. The number of amides is 1. The third-order valence-corrected chi connectivity index (χ3v) is 4.35. The Morgan fingerprint density at radius 3 is 2.54 bits per heavy atom. The second-order valence-electron chi connectivity index (χ2n) is 4.91. The summed E-state index contributed by atoms with van der Waals surface area (Å²) in [5.74, 6) is 0.0124. The maximum Gasteiger partial charge on any atom is 0.339 e. The van der Waals surface area contributed by atoms with Crippen molar-refractivity contribution in [3.8, 4) is 0 Å². The van der Waals surface area contributed by atoms with Gasteiger partial charge in [-0.2, -0.15) is 0 Å². The minimum atomic E-state index is -0.492. The van der Waals surface area contributed by atoms with Crippen LogP contribution in [0.5, 0.6) is 0 Å². The largest absolute Gasteiger partial charge is 0.452 e. The van der Waals surface area contributed by atoms with E-state index < -0.39 is 5.97 Å². The van der Waals surface area contributed by atoms with Crippen molar-refractivity contribution in [1.82, 2.24) is 5.32 Å². The number of thioether (sulfide) groups is 1. The molecule has 0 saturated carbocycles. The molecule has 1 amide bonds. The molecule has 0 saturated heterocycles. The Morgan fingerprint density at radius 2 is 1.83 bits per heavy atom. The first-order chi connectivity index (χ1) is 11.6. The first kappa shape index (κ1) is 18.4. The highest BCUT2D eigenvalue weighted by atomic mass is 35.5. The predicted octanol–water partition coefficient (Wildman–Crippen LogP) is 3.93. The predicted molar refractivity (Wildman–Crippen MR) is 96.4 cm³/mol. The summed E-state index contributed by atoms with van der Waals surface area (Å²) in [5.41, 5.74) is 1.40. The summed E-state index contributed by atoms with van der Waals surface area (Å²) in [6, 6.07) is 14.4. The number of hydrogen-bond donors (Lipinski definition) is 1. The molecule has 0 fully saturated rings. The van der Waals surface area contributed by atoms with Gasteiger partial charge in [-0.25, -0.2) is 4.79 Å². The molecule has 2 rings (SSSR count). The van der Waals surface area contributed by atoms with E-state index in [1.54, 1.807) is 36.0 Å². The minimum Gasteiger partial charge on any atom is -0.452 e. The van der Waals surface area contributed by atoms with Gasteiger partial charge in [-0.1, -0.05) is 42.8 Å². The summed E-state index contributed by atoms with van der Waals surface area (Å²) in [6.07, 6.45) is 0. The molecule has 0 unspecified atom stereocenters. The summed E-state index contributed by atoms with van der Waals surface area (Å²) < 4.78 is 5.10. The summed E-state index contributed by atoms with van der Waals surface area (Å²) in [5, 5.41) is 3.34. The van der Waals surface area contributed by atoms with E-state index in [9.17, 15) is 9.59 Å². The van der Waals surface area contributed by atoms with E-state index in [1.165, 1.54) is 0 Å². The number of carbonyl (C=O) groups is 2. The summed E-state index contributed by atoms with van der Waals surface area (Å²) in [7, 11) is 0. The van der Waals surface area contributed by atoms with E-state index in [4.69, 9.17) is 16.3 Å². The zero-order valence-corrected chi connectivity index (χ0v) is 14.8. The van der Waals surface area contributed by atoms with Crippen LogP contribution in [0.15, 0.2) is 53.4 Å². The molecule has 2 aromatic rings. The van der Waals surface area contributed by atoms with Gasteiger partial charge in [0.2, 0.25) is 0 Å². The first-order valence-corrected chi connectivity index (χ1v) is 8.86. The molecule has 126 valence electrons. The van der Waals surface area contributed by atoms with Crippen molar-refractivity contribution in [2.75, 3.05) is 12.4 Å². The molecule has 24 heavy (non-hydrogen) atoms. The molecule has 6 heteroatoms. The number of rotatable bonds is 7. The number of hydrogen-bond acceptors (Lipinski definition) is 4. The maximum absolute atomic E-state index is 12.1. The minimum absolute atomic E-state index is 0.308. The van der Waals surface area contributed by atoms with Crippen molar-refractivity contribution in [2.45, 2.75) is 18.4 Å². The van der Waals surface area contributed by atoms with E-state index in [0.29, 0.717) is 17.1 Å². The number of benzene rings is 2. The first-order valence-electron chi connectivity index (χ1n) is 7.50. The molecule has 0 atom stereocenters. The molecule has 0 bridgehead atoms. The lowest BCUT2D eigenvalue weighted by Crippen LogP contribution is -2.28. The molecule has 0 aliphatic heterocycles. The van der Waals surface area contributed by atoms with Gasteiger partial charge in [0.1, 0.15) is 0 Å². The van der Waals surface area contributed by atoms with Gasteiger partial charge in [-0.05, 0) is 35.6 Å². The van der Waals surface area contributed by atoms with Crippen LogP contribution in [0.4, 0.5) is 0 Å². The standard InChI is InChI=1S/C18H18ClNO3S/c1-2-24-16-6-4-3-5-15(16)18(22)23-12-17(21)20-11-13-7-9-14(19)10-8-13/h3-10H,2,11-12H2,1H3,(H,20,21). The number of esters is 1. The SMILES string of the molecule is CCSc1ccccc1C(=O)OCC(=O)NCc1ccc(Cl)cc1. The van der Waals surface area contributed by atoms with Gasteiger partial charge in [0.15, 0.2) is 6.61 Å². The van der Waals surface area contributed by atoms with Gasteiger partial charge >= 0.3 is 5.97 Å². The fourth-order valence-electron chi connectivity index (χ4n) is 1.98. The Morgan fingerprint density at radius 1 is 1.12 bits per heavy atom. The molecular formula is C18H18ClNO3S. The fourth-order valence-corrected chi connectivity index (χ4v) is 2.90. The molecule has 0 heterocycles. The fraction of sp³-hybridized carbons (Fsp3) is 0.222. The van der Waals surface area contributed by atoms with E-state index in [0.717, 1.165) is 16.2 Å². The second kappa shape index (κ2) is 9.35. The summed E-state index contributed by atoms with van der Waals surface area (Å²) in [6.45, 7) is 2.06. The number of nitrogens with one attached hydrogen (secondary N) is 1. The highest BCUT2D eigenvalue weighted by Gasteiger charge is 2.14. The van der Waals surface area contributed by atoms with Crippen LogP contribution in [-0.2, 0) is 16.1 Å². The van der Waals surface area contributed by atoms with Crippen molar-refractivity contribution in [3.63, 3.8) is 0 Å². The van der Waals surface area contributed by atoms with Crippen molar-refractivity contribution in [3.05, 3.63) is 64.7 Å². The zero-order chi connectivity index (χ0) is 17.4. The van der Waals surface area contributed by atoms with Crippen LogP contribution in [0.2, 0.25) is 5.02 Å². The highest BCUT2D eigenvalue weighted by Crippen LogP contribution is 2.22. The van der Waals surface area contributed by atoms with Crippen LogP contribution < -0.4 is 5.32 Å². The van der Waals surface area contributed by atoms with E-state index in [1.807, 2.05) is 31.2 Å². The van der Waals surface area contributed by atoms with Gasteiger partial charge in [0.05, 0.1) is 5.56 Å². The Labute approximate surface area is 150 Å². The van der Waals surface area contributed by atoms with E-state index >= 15 is 0 Å². The van der Waals surface area contributed by atoms with Gasteiger partial charge < -0.3 is 10.1 Å². The normalized spacial score (nSPS) is 10.2. The molecule has 0 aliphatic rings. The van der Waals surface area contributed by atoms with Crippen LogP contribution in [0.3, 0.4) is 0 Å². The van der Waals surface area contributed by atoms with Crippen molar-refractivity contribution >= 4 is 35.2 Å². The number of ether oxygens (including phenoxy) is 1. The van der Waals surface area contributed by atoms with Gasteiger partial charge in [-0.15, -0.1) is 11.8 Å². The third-order valence-electron chi connectivity index (χ3n) is 3.14. The zero-order valence-electron chi connectivity index (χ0n) is 13.3. The van der Waals surface area contributed by atoms with Crippen molar-refractivity contribution < 1.29 is 14.3 Å². The summed E-state index contributed by atoms with van der Waals surface area (Å²) in [4.78, 5) is 24.8. The van der Waals surface area contributed by atoms with Crippen molar-refractivity contribution in [2.24, 2.45) is 0 Å². The van der Waals surface area contributed by atoms with Crippen LogP contribution in [0, 0.1) is 0 Å². The third kappa shape index (κ3) is 5.58. The lowest BCUT2D eigenvalue weighted by Gasteiger charge is -2.09. The topological polar surface area (TPSA) is 55.4 Å². The molecular weight excluding hydrogens is 346 g/mol. The Hall–Kier alpha value is -1.98. The quantitative estimate of drug-likeness (QED) is 0.598.